The molecule has 53 heavy (non-hydrogen) atoms. The summed E-state index contributed by atoms with van der Waals surface area (Å²) in [5.74, 6) is -0.105. The first-order valence-corrected chi connectivity index (χ1v) is 19.1. The number of halogens is 2. The zero-order valence-electron chi connectivity index (χ0n) is 30.8. The number of unbranched alkanes of at least 4 members (excludes halogenated alkanes) is 6. The molecule has 5 aromatic rings. The number of carbonyl (C=O) groups is 1. The third kappa shape index (κ3) is 14.4. The summed E-state index contributed by atoms with van der Waals surface area (Å²) in [7, 11) is 0. The van der Waals surface area contributed by atoms with Gasteiger partial charge in [-0.15, -0.1) is 5.10 Å². The van der Waals surface area contributed by atoms with Crippen molar-refractivity contribution >= 4 is 28.5 Å². The van der Waals surface area contributed by atoms with Crippen LogP contribution in [0.25, 0.3) is 22.2 Å². The average molecular weight is 764 g/mol. The molecule has 1 aromatic carbocycles. The molecule has 0 radical (unpaired) electrons. The number of hydrogen-bond donors (Lipinski definition) is 0. The van der Waals surface area contributed by atoms with Crippen LogP contribution < -0.4 is 21.7 Å². The van der Waals surface area contributed by atoms with E-state index in [-0.39, 0.29) is 12.4 Å². The van der Waals surface area contributed by atoms with Crippen LogP contribution in [0.1, 0.15) is 82.3 Å². The van der Waals surface area contributed by atoms with Gasteiger partial charge in [0.1, 0.15) is 17.8 Å². The molecule has 0 N–H and O–H groups in total. The van der Waals surface area contributed by atoms with Crippen molar-refractivity contribution in [3.8, 4) is 17.0 Å². The standard InChI is InChI=1S/C41H52ClN6O4.ClH/c1-33(49)52-41-37(29-38(42)36-19-11-21-44-40(36)41)39-32-48(46-45-39)24-7-9-26-51-28-14-18-35-16-12-23-47(31-35)22-6-4-2-3-5-8-25-50-27-13-17-34-15-10-20-43-30-34;/h10-12,15-16,19-21,23,29-32H,2-9,13-14,17-18,22,24-28H2,1H3;1H/q+1;/p-1. The van der Waals surface area contributed by atoms with E-state index in [4.69, 9.17) is 25.8 Å². The summed E-state index contributed by atoms with van der Waals surface area (Å²) in [5.41, 5.74) is 4.30. The molecule has 10 nitrogen and oxygen atoms in total. The van der Waals surface area contributed by atoms with E-state index in [2.05, 4.69) is 55.4 Å². The molecule has 0 bridgehead atoms. The quantitative estimate of drug-likeness (QED) is 0.0367. The lowest BCUT2D eigenvalue weighted by molar-refractivity contribution is -0.697. The lowest BCUT2D eigenvalue weighted by Gasteiger charge is -2.11. The fraction of sp³-hybridized carbons (Fsp3) is 0.463. The molecule has 0 saturated carbocycles. The van der Waals surface area contributed by atoms with Gasteiger partial charge in [0.15, 0.2) is 18.1 Å². The molecule has 0 aliphatic heterocycles. The Kier molecular flexibility index (Phi) is 18.6. The number of fused-ring (bicyclic) bond motifs is 1. The summed E-state index contributed by atoms with van der Waals surface area (Å²) in [4.78, 5) is 20.4. The Hall–Kier alpha value is -3.96. The third-order valence-corrected chi connectivity index (χ3v) is 9.20. The first-order valence-electron chi connectivity index (χ1n) is 18.8. The van der Waals surface area contributed by atoms with Gasteiger partial charge in [-0.2, -0.15) is 0 Å². The van der Waals surface area contributed by atoms with E-state index in [0.717, 1.165) is 71.3 Å². The van der Waals surface area contributed by atoms with Gasteiger partial charge < -0.3 is 26.6 Å². The van der Waals surface area contributed by atoms with Crippen molar-refractivity contribution in [3.05, 3.63) is 95.8 Å². The maximum Gasteiger partial charge on any atom is 0.308 e. The van der Waals surface area contributed by atoms with Crippen molar-refractivity contribution in [2.75, 3.05) is 26.4 Å². The number of aryl methyl sites for hydroxylation is 4. The molecule has 0 unspecified atom stereocenters. The van der Waals surface area contributed by atoms with Crippen LogP contribution in [0.3, 0.4) is 0 Å². The number of esters is 1. The Labute approximate surface area is 324 Å². The summed E-state index contributed by atoms with van der Waals surface area (Å²) in [6, 6.07) is 13.9. The Bertz CT molecular complexity index is 1810. The van der Waals surface area contributed by atoms with E-state index in [1.165, 1.54) is 50.2 Å². The van der Waals surface area contributed by atoms with Crippen LogP contribution in [0, 0.1) is 0 Å². The molecular formula is C41H52Cl2N6O4. The second-order valence-corrected chi connectivity index (χ2v) is 13.6. The maximum atomic E-state index is 11.9. The first kappa shape index (κ1) is 41.8. The number of rotatable bonds is 24. The van der Waals surface area contributed by atoms with E-state index in [9.17, 15) is 4.79 Å². The van der Waals surface area contributed by atoms with Gasteiger partial charge in [-0.3, -0.25) is 19.4 Å². The molecule has 4 aromatic heterocycles. The molecule has 284 valence electrons. The summed E-state index contributed by atoms with van der Waals surface area (Å²) in [6.45, 7) is 6.29. The zero-order valence-corrected chi connectivity index (χ0v) is 32.3. The van der Waals surface area contributed by atoms with E-state index < -0.39 is 5.97 Å². The highest BCUT2D eigenvalue weighted by molar-refractivity contribution is 6.36. The molecular weight excluding hydrogens is 711 g/mol. The smallest absolute Gasteiger partial charge is 0.308 e. The lowest BCUT2D eigenvalue weighted by atomic mass is 10.1. The highest BCUT2D eigenvalue weighted by Gasteiger charge is 2.19. The summed E-state index contributed by atoms with van der Waals surface area (Å²) < 4.78 is 21.4. The van der Waals surface area contributed by atoms with Gasteiger partial charge in [0.2, 0.25) is 0 Å². The minimum Gasteiger partial charge on any atom is -1.00 e. The molecule has 0 fully saturated rings. The molecule has 0 spiro atoms. The van der Waals surface area contributed by atoms with Crippen molar-refractivity contribution in [1.29, 1.82) is 0 Å². The molecule has 12 heteroatoms. The van der Waals surface area contributed by atoms with Gasteiger partial charge in [-0.05, 0) is 87.3 Å². The molecule has 0 aliphatic carbocycles. The molecule has 0 atom stereocenters. The largest absolute Gasteiger partial charge is 1.00 e. The van der Waals surface area contributed by atoms with Gasteiger partial charge in [-0.25, -0.2) is 4.57 Å². The monoisotopic (exact) mass is 762 g/mol. The average Bonchev–Trinajstić information content (AvgIpc) is 3.63. The second kappa shape index (κ2) is 23.7. The van der Waals surface area contributed by atoms with Crippen LogP contribution in [-0.4, -0.2) is 57.4 Å². The van der Waals surface area contributed by atoms with Crippen LogP contribution in [0.4, 0.5) is 0 Å². The zero-order chi connectivity index (χ0) is 36.2. The third-order valence-electron chi connectivity index (χ3n) is 8.89. The Morgan fingerprint density at radius 1 is 0.830 bits per heavy atom. The number of pyridine rings is 3. The molecule has 0 saturated heterocycles. The molecule has 5 rings (SSSR count). The predicted octanol–water partition coefficient (Wildman–Crippen LogP) is 5.18. The summed E-state index contributed by atoms with van der Waals surface area (Å²) in [5, 5.41) is 9.82. The van der Waals surface area contributed by atoms with E-state index in [1.807, 2.05) is 30.7 Å². The predicted molar refractivity (Wildman–Crippen MR) is 203 cm³/mol. The number of ether oxygens (including phenoxy) is 3. The van der Waals surface area contributed by atoms with Gasteiger partial charge in [-0.1, -0.05) is 42.1 Å². The minimum absolute atomic E-state index is 0. The Morgan fingerprint density at radius 3 is 2.30 bits per heavy atom. The molecule has 0 amide bonds. The van der Waals surface area contributed by atoms with E-state index >= 15 is 0 Å². The van der Waals surface area contributed by atoms with Gasteiger partial charge in [0.25, 0.3) is 0 Å². The summed E-state index contributed by atoms with van der Waals surface area (Å²) >= 11 is 6.53. The fourth-order valence-electron chi connectivity index (χ4n) is 6.20. The van der Waals surface area contributed by atoms with E-state index in [1.54, 1.807) is 23.0 Å². The number of hydrogen-bond acceptors (Lipinski definition) is 8. The minimum atomic E-state index is -0.440. The van der Waals surface area contributed by atoms with Crippen LogP contribution in [0.2, 0.25) is 5.02 Å². The summed E-state index contributed by atoms with van der Waals surface area (Å²) in [6.07, 6.45) is 25.1. The fourth-order valence-corrected chi connectivity index (χ4v) is 6.46. The van der Waals surface area contributed by atoms with Gasteiger partial charge in [0, 0.05) is 81.9 Å². The van der Waals surface area contributed by atoms with Crippen molar-refractivity contribution in [1.82, 2.24) is 25.0 Å². The second-order valence-electron chi connectivity index (χ2n) is 13.2. The van der Waals surface area contributed by atoms with Crippen molar-refractivity contribution in [2.45, 2.75) is 97.1 Å². The number of nitrogens with zero attached hydrogens (tertiary/aromatic N) is 6. The number of aromatic nitrogens is 6. The maximum absolute atomic E-state index is 11.9. The van der Waals surface area contributed by atoms with E-state index in [0.29, 0.717) is 46.1 Å². The van der Waals surface area contributed by atoms with Crippen LogP contribution in [0.5, 0.6) is 5.75 Å². The van der Waals surface area contributed by atoms with Crippen LogP contribution >= 0.6 is 11.6 Å². The lowest BCUT2D eigenvalue weighted by Crippen LogP contribution is -3.00. The van der Waals surface area contributed by atoms with Gasteiger partial charge >= 0.3 is 5.97 Å². The number of carbonyl (C=O) groups excluding carboxylic acids is 1. The van der Waals surface area contributed by atoms with Crippen molar-refractivity contribution in [3.63, 3.8) is 0 Å². The van der Waals surface area contributed by atoms with Crippen LogP contribution in [-0.2, 0) is 40.2 Å². The van der Waals surface area contributed by atoms with Crippen molar-refractivity contribution < 1.29 is 36.0 Å². The topological polar surface area (TPSA) is 105 Å². The Morgan fingerprint density at radius 2 is 1.53 bits per heavy atom. The highest BCUT2D eigenvalue weighted by atomic mass is 35.5. The molecule has 0 aliphatic rings. The van der Waals surface area contributed by atoms with Gasteiger partial charge in [0.05, 0.1) is 16.8 Å². The normalized spacial score (nSPS) is 11.1. The number of benzene rings is 1. The SMILES string of the molecule is CC(=O)Oc1c(-c2cn(CCCCOCCCc3ccc[n+](CCCCCCCCOCCCc4cccnc4)c3)nn2)cc(Cl)c2cccnc12.[Cl-]. The Balaban J connectivity index is 0.00000627. The van der Waals surface area contributed by atoms with Crippen molar-refractivity contribution in [2.24, 2.45) is 0 Å². The first-order chi connectivity index (χ1) is 25.6. The van der Waals surface area contributed by atoms with Crippen LogP contribution in [0.15, 0.2) is 79.6 Å². The highest BCUT2D eigenvalue weighted by Crippen LogP contribution is 2.39. The molecule has 4 heterocycles.